The molecule has 1 aromatic carbocycles. The highest BCUT2D eigenvalue weighted by Gasteiger charge is 2.18. The molecule has 2 aromatic rings. The first-order valence-electron chi connectivity index (χ1n) is 9.04. The lowest BCUT2D eigenvalue weighted by Crippen LogP contribution is -2.21. The zero-order chi connectivity index (χ0) is 17.6. The second-order valence-electron chi connectivity index (χ2n) is 6.57. The third kappa shape index (κ3) is 4.34. The Balaban J connectivity index is 1.90. The van der Waals surface area contributed by atoms with Gasteiger partial charge < -0.3 is 14.5 Å². The fourth-order valence-electron chi connectivity index (χ4n) is 3.53. The highest BCUT2D eigenvalue weighted by molar-refractivity contribution is 7.71. The second kappa shape index (κ2) is 8.39. The summed E-state index contributed by atoms with van der Waals surface area (Å²) < 4.78 is 3.06. The zero-order valence-corrected chi connectivity index (χ0v) is 15.2. The Morgan fingerprint density at radius 3 is 2.64 bits per heavy atom. The van der Waals surface area contributed by atoms with E-state index in [2.05, 4.69) is 16.7 Å². The number of hydrogen-bond acceptors (Lipinski definition) is 4. The molecule has 0 saturated heterocycles. The van der Waals surface area contributed by atoms with Crippen molar-refractivity contribution in [2.75, 3.05) is 0 Å². The van der Waals surface area contributed by atoms with Crippen molar-refractivity contribution in [1.29, 1.82) is 0 Å². The summed E-state index contributed by atoms with van der Waals surface area (Å²) in [6.07, 6.45) is 7.03. The minimum Gasteiger partial charge on any atom is -0.550 e. The number of carboxylic acid groups (broad SMARTS) is 1. The Morgan fingerprint density at radius 2 is 1.88 bits per heavy atom. The summed E-state index contributed by atoms with van der Waals surface area (Å²) in [5.41, 5.74) is 3.64. The summed E-state index contributed by atoms with van der Waals surface area (Å²) in [7, 11) is 0. The Bertz CT molecular complexity index is 799. The van der Waals surface area contributed by atoms with Crippen LogP contribution in [0.25, 0.3) is 11.4 Å². The molecule has 0 amide bonds. The quantitative estimate of drug-likeness (QED) is 0.564. The maximum absolute atomic E-state index is 10.6. The molecule has 1 aromatic heterocycles. The van der Waals surface area contributed by atoms with Gasteiger partial charge in [0.15, 0.2) is 0 Å². The van der Waals surface area contributed by atoms with Crippen LogP contribution in [0.2, 0.25) is 0 Å². The summed E-state index contributed by atoms with van der Waals surface area (Å²) in [5.74, 6) is -0.0294. The number of aromatic nitrogens is 2. The van der Waals surface area contributed by atoms with E-state index in [-0.39, 0.29) is 6.42 Å². The minimum atomic E-state index is -0.966. The molecule has 0 bridgehead atoms. The van der Waals surface area contributed by atoms with Crippen molar-refractivity contribution in [3.8, 4) is 11.4 Å². The molecule has 132 valence electrons. The standard InChI is InChI=1S/C20H24N2O2S/c23-18(24)13-5-2-8-14-22-17-12-7-6-11-16(17)20(25)21-19(22)15-9-3-1-4-10-15/h1,3-4,9-10H,2,5-8,11-14H2,(H,23,24)/p-1. The van der Waals surface area contributed by atoms with Crippen molar-refractivity contribution >= 4 is 18.2 Å². The van der Waals surface area contributed by atoms with Crippen LogP contribution in [0.5, 0.6) is 0 Å². The predicted octanol–water partition coefficient (Wildman–Crippen LogP) is 3.47. The average Bonchev–Trinajstić information content (AvgIpc) is 2.63. The van der Waals surface area contributed by atoms with Gasteiger partial charge in [0.25, 0.3) is 0 Å². The molecule has 0 radical (unpaired) electrons. The molecule has 0 saturated carbocycles. The van der Waals surface area contributed by atoms with Gasteiger partial charge in [0.1, 0.15) is 10.5 Å². The van der Waals surface area contributed by atoms with Crippen LogP contribution in [0.15, 0.2) is 30.3 Å². The van der Waals surface area contributed by atoms with E-state index >= 15 is 0 Å². The first-order chi connectivity index (χ1) is 12.2. The van der Waals surface area contributed by atoms with E-state index in [4.69, 9.17) is 17.2 Å². The summed E-state index contributed by atoms with van der Waals surface area (Å²) in [6, 6.07) is 10.2. The van der Waals surface area contributed by atoms with E-state index in [1.807, 2.05) is 18.2 Å². The number of hydrogen-bond donors (Lipinski definition) is 0. The van der Waals surface area contributed by atoms with Crippen molar-refractivity contribution in [2.45, 2.75) is 57.9 Å². The summed E-state index contributed by atoms with van der Waals surface area (Å²) in [4.78, 5) is 15.3. The normalized spacial score (nSPS) is 13.4. The van der Waals surface area contributed by atoms with Crippen molar-refractivity contribution in [3.63, 3.8) is 0 Å². The van der Waals surface area contributed by atoms with Crippen molar-refractivity contribution < 1.29 is 9.90 Å². The van der Waals surface area contributed by atoms with E-state index in [1.54, 1.807) is 0 Å². The monoisotopic (exact) mass is 355 g/mol. The zero-order valence-electron chi connectivity index (χ0n) is 14.4. The molecule has 0 N–H and O–H groups in total. The van der Waals surface area contributed by atoms with Crippen molar-refractivity contribution in [2.24, 2.45) is 0 Å². The van der Waals surface area contributed by atoms with Gasteiger partial charge in [-0.05, 0) is 44.9 Å². The highest BCUT2D eigenvalue weighted by atomic mass is 32.1. The number of benzene rings is 1. The number of fused-ring (bicyclic) bond motifs is 1. The summed E-state index contributed by atoms with van der Waals surface area (Å²) >= 11 is 5.57. The largest absolute Gasteiger partial charge is 0.550 e. The number of aliphatic carboxylic acids is 1. The average molecular weight is 355 g/mol. The lowest BCUT2D eigenvalue weighted by atomic mass is 9.96. The van der Waals surface area contributed by atoms with Gasteiger partial charge in [-0.25, -0.2) is 4.98 Å². The second-order valence-corrected chi connectivity index (χ2v) is 6.96. The van der Waals surface area contributed by atoms with Gasteiger partial charge in [-0.2, -0.15) is 0 Å². The van der Waals surface area contributed by atoms with Crippen molar-refractivity contribution in [3.05, 3.63) is 46.2 Å². The smallest absolute Gasteiger partial charge is 0.141 e. The molecule has 1 aliphatic carbocycles. The third-order valence-electron chi connectivity index (χ3n) is 4.78. The summed E-state index contributed by atoms with van der Waals surface area (Å²) in [5, 5.41) is 10.6. The number of rotatable bonds is 7. The molecule has 1 heterocycles. The first-order valence-corrected chi connectivity index (χ1v) is 9.45. The fourth-order valence-corrected chi connectivity index (χ4v) is 3.84. The molecule has 0 aliphatic heterocycles. The molecule has 5 heteroatoms. The van der Waals surface area contributed by atoms with E-state index in [0.717, 1.165) is 48.3 Å². The van der Waals surface area contributed by atoms with Crippen LogP contribution >= 0.6 is 12.2 Å². The molecule has 1 aliphatic rings. The molecule has 0 spiro atoms. The van der Waals surface area contributed by atoms with Gasteiger partial charge in [0.05, 0.1) is 0 Å². The van der Waals surface area contributed by atoms with Gasteiger partial charge in [-0.15, -0.1) is 0 Å². The lowest BCUT2D eigenvalue weighted by Gasteiger charge is -2.24. The predicted molar refractivity (Wildman–Crippen MR) is 98.6 cm³/mol. The van der Waals surface area contributed by atoms with Crippen LogP contribution in [-0.4, -0.2) is 15.5 Å². The van der Waals surface area contributed by atoms with Crippen LogP contribution in [0, 0.1) is 4.64 Å². The molecule has 25 heavy (non-hydrogen) atoms. The molecular weight excluding hydrogens is 332 g/mol. The van der Waals surface area contributed by atoms with E-state index < -0.39 is 5.97 Å². The van der Waals surface area contributed by atoms with E-state index in [9.17, 15) is 9.90 Å². The van der Waals surface area contributed by atoms with Crippen LogP contribution in [0.1, 0.15) is 49.8 Å². The highest BCUT2D eigenvalue weighted by Crippen LogP contribution is 2.27. The van der Waals surface area contributed by atoms with Crippen LogP contribution < -0.4 is 5.11 Å². The molecule has 0 unspecified atom stereocenters. The molecule has 3 rings (SSSR count). The Labute approximate surface area is 153 Å². The van der Waals surface area contributed by atoms with Crippen LogP contribution in [0.4, 0.5) is 0 Å². The van der Waals surface area contributed by atoms with E-state index in [1.165, 1.54) is 24.1 Å². The van der Waals surface area contributed by atoms with Crippen LogP contribution in [0.3, 0.4) is 0 Å². The molecule has 0 atom stereocenters. The Hall–Kier alpha value is -2.01. The SMILES string of the molecule is O=C([O-])CCCCCn1c(-c2ccccc2)nc(=S)c2c1CCCC2. The number of carbonyl (C=O) groups is 1. The maximum atomic E-state index is 10.6. The molecular formula is C20H23N2O2S-. The first kappa shape index (κ1) is 17.8. The third-order valence-corrected chi connectivity index (χ3v) is 5.12. The minimum absolute atomic E-state index is 0.137. The maximum Gasteiger partial charge on any atom is 0.141 e. The molecule has 4 nitrogen and oxygen atoms in total. The Kier molecular flexibility index (Phi) is 5.97. The van der Waals surface area contributed by atoms with Gasteiger partial charge in [-0.3, -0.25) is 0 Å². The van der Waals surface area contributed by atoms with Gasteiger partial charge in [0.2, 0.25) is 0 Å². The summed E-state index contributed by atoms with van der Waals surface area (Å²) in [6.45, 7) is 0.849. The number of nitrogens with zero attached hydrogens (tertiary/aromatic N) is 2. The number of unbranched alkanes of at least 4 members (excludes halogenated alkanes) is 2. The number of carboxylic acids is 1. The van der Waals surface area contributed by atoms with Crippen LogP contribution in [-0.2, 0) is 24.2 Å². The van der Waals surface area contributed by atoms with Crippen molar-refractivity contribution in [1.82, 2.24) is 9.55 Å². The van der Waals surface area contributed by atoms with Gasteiger partial charge in [0, 0.05) is 29.3 Å². The van der Waals surface area contributed by atoms with E-state index in [0.29, 0.717) is 6.42 Å². The molecule has 0 fully saturated rings. The fraction of sp³-hybridized carbons (Fsp3) is 0.450. The number of carbonyl (C=O) groups excluding carboxylic acids is 1. The van der Waals surface area contributed by atoms with Gasteiger partial charge in [-0.1, -0.05) is 49.0 Å². The Morgan fingerprint density at radius 1 is 1.12 bits per heavy atom. The lowest BCUT2D eigenvalue weighted by molar-refractivity contribution is -0.305. The van der Waals surface area contributed by atoms with Gasteiger partial charge >= 0.3 is 0 Å². The topological polar surface area (TPSA) is 57.9 Å².